The number of H-pyrrole nitrogens is 1. The highest BCUT2D eigenvalue weighted by Crippen LogP contribution is 2.23. The van der Waals surface area contributed by atoms with Crippen molar-refractivity contribution < 1.29 is 4.79 Å². The van der Waals surface area contributed by atoms with Gasteiger partial charge in [0.25, 0.3) is 5.91 Å². The van der Waals surface area contributed by atoms with Gasteiger partial charge < -0.3 is 10.3 Å². The maximum absolute atomic E-state index is 12.6. The molecule has 2 aromatic rings. The lowest BCUT2D eigenvalue weighted by Gasteiger charge is -2.15. The fourth-order valence-electron chi connectivity index (χ4n) is 2.71. The third-order valence-electron chi connectivity index (χ3n) is 3.82. The molecule has 22 heavy (non-hydrogen) atoms. The molecule has 1 amide bonds. The Morgan fingerprint density at radius 1 is 1.14 bits per heavy atom. The largest absolute Gasteiger partial charge is 0.362 e. The van der Waals surface area contributed by atoms with E-state index in [1.165, 1.54) is 6.07 Å². The van der Waals surface area contributed by atoms with Gasteiger partial charge in [0.15, 0.2) is 5.43 Å². The number of hydrogen-bond donors (Lipinski definition) is 2. The van der Waals surface area contributed by atoms with Crippen LogP contribution in [0, 0.1) is 13.8 Å². The van der Waals surface area contributed by atoms with Gasteiger partial charge in [-0.15, -0.1) is 0 Å². The fraction of sp³-hybridized carbons (Fsp3) is 0.333. The molecule has 0 saturated heterocycles. The molecule has 4 nitrogen and oxygen atoms in total. The quantitative estimate of drug-likeness (QED) is 0.909. The minimum absolute atomic E-state index is 0.179. The van der Waals surface area contributed by atoms with E-state index in [4.69, 9.17) is 0 Å². The van der Waals surface area contributed by atoms with E-state index >= 15 is 0 Å². The summed E-state index contributed by atoms with van der Waals surface area (Å²) in [5.74, 6) is -0.352. The van der Waals surface area contributed by atoms with Gasteiger partial charge in [-0.1, -0.05) is 32.0 Å². The van der Waals surface area contributed by atoms with Crippen LogP contribution in [0.25, 0.3) is 0 Å². The van der Waals surface area contributed by atoms with E-state index in [9.17, 15) is 9.59 Å². The molecule has 0 atom stereocenters. The van der Waals surface area contributed by atoms with Gasteiger partial charge in [-0.2, -0.15) is 0 Å². The van der Waals surface area contributed by atoms with E-state index in [1.54, 1.807) is 13.8 Å². The number of benzene rings is 1. The summed E-state index contributed by atoms with van der Waals surface area (Å²) in [4.78, 5) is 27.7. The molecular formula is C18H22N2O2. The second-order valence-corrected chi connectivity index (χ2v) is 5.43. The number of carbonyl (C=O) groups excluding carboxylic acids is 1. The normalized spacial score (nSPS) is 10.5. The van der Waals surface area contributed by atoms with E-state index in [2.05, 4.69) is 10.3 Å². The predicted octanol–water partition coefficient (Wildman–Crippen LogP) is 3.37. The number of pyridine rings is 1. The highest BCUT2D eigenvalue weighted by atomic mass is 16.2. The monoisotopic (exact) mass is 298 g/mol. The number of carbonyl (C=O) groups is 1. The van der Waals surface area contributed by atoms with Crippen molar-refractivity contribution >= 4 is 11.6 Å². The van der Waals surface area contributed by atoms with E-state index in [-0.39, 0.29) is 16.9 Å². The molecule has 0 saturated carbocycles. The van der Waals surface area contributed by atoms with Gasteiger partial charge in [0.1, 0.15) is 5.56 Å². The molecule has 0 spiro atoms. The maximum atomic E-state index is 12.6. The number of amides is 1. The Hall–Kier alpha value is -2.36. The van der Waals surface area contributed by atoms with Crippen LogP contribution in [-0.4, -0.2) is 10.9 Å². The van der Waals surface area contributed by atoms with E-state index in [0.29, 0.717) is 5.69 Å². The van der Waals surface area contributed by atoms with E-state index in [1.807, 2.05) is 32.0 Å². The number of hydrogen-bond acceptors (Lipinski definition) is 2. The average molecular weight is 298 g/mol. The molecule has 1 heterocycles. The second-order valence-electron chi connectivity index (χ2n) is 5.43. The molecule has 0 aliphatic rings. The molecule has 1 aromatic heterocycles. The molecule has 0 aliphatic heterocycles. The van der Waals surface area contributed by atoms with Gasteiger partial charge in [0, 0.05) is 23.1 Å². The van der Waals surface area contributed by atoms with Crippen molar-refractivity contribution in [1.29, 1.82) is 0 Å². The molecule has 116 valence electrons. The van der Waals surface area contributed by atoms with Gasteiger partial charge in [-0.3, -0.25) is 9.59 Å². The second kappa shape index (κ2) is 6.60. The highest BCUT2D eigenvalue weighted by Gasteiger charge is 2.17. The number of aromatic nitrogens is 1. The minimum Gasteiger partial charge on any atom is -0.362 e. The molecule has 4 heteroatoms. The summed E-state index contributed by atoms with van der Waals surface area (Å²) in [5.41, 5.74) is 4.26. The molecule has 0 aliphatic carbocycles. The molecule has 0 bridgehead atoms. The molecule has 2 rings (SSSR count). The number of para-hydroxylation sites is 1. The van der Waals surface area contributed by atoms with E-state index < -0.39 is 0 Å². The van der Waals surface area contributed by atoms with Gasteiger partial charge in [-0.05, 0) is 37.8 Å². The first kappa shape index (κ1) is 16.0. The Labute approximate surface area is 130 Å². The number of aromatic amines is 1. The Kier molecular flexibility index (Phi) is 4.81. The van der Waals surface area contributed by atoms with Crippen LogP contribution in [0.5, 0.6) is 0 Å². The van der Waals surface area contributed by atoms with Crippen LogP contribution in [0.1, 0.15) is 46.7 Å². The summed E-state index contributed by atoms with van der Waals surface area (Å²) in [5, 5.41) is 2.94. The molecule has 1 aromatic carbocycles. The third kappa shape index (κ3) is 3.11. The Balaban J connectivity index is 2.44. The summed E-state index contributed by atoms with van der Waals surface area (Å²) in [7, 11) is 0. The highest BCUT2D eigenvalue weighted by molar-refractivity contribution is 6.05. The van der Waals surface area contributed by atoms with Crippen LogP contribution in [0.2, 0.25) is 0 Å². The molecular weight excluding hydrogens is 276 g/mol. The van der Waals surface area contributed by atoms with Crippen molar-refractivity contribution in [1.82, 2.24) is 4.98 Å². The number of anilines is 1. The summed E-state index contributed by atoms with van der Waals surface area (Å²) >= 11 is 0. The zero-order chi connectivity index (χ0) is 16.3. The maximum Gasteiger partial charge on any atom is 0.261 e. The summed E-state index contributed by atoms with van der Waals surface area (Å²) in [6.45, 7) is 7.65. The Bertz CT molecular complexity index is 738. The number of nitrogens with one attached hydrogen (secondary N) is 2. The third-order valence-corrected chi connectivity index (χ3v) is 3.82. The van der Waals surface area contributed by atoms with Crippen molar-refractivity contribution in [3.63, 3.8) is 0 Å². The van der Waals surface area contributed by atoms with Crippen LogP contribution in [-0.2, 0) is 12.8 Å². The zero-order valence-electron chi connectivity index (χ0n) is 13.5. The SMILES string of the molecule is CCc1cccc(CC)c1NC(=O)c1c(C)[nH]c(C)cc1=O. The van der Waals surface area contributed by atoms with E-state index in [0.717, 1.165) is 35.3 Å². The lowest BCUT2D eigenvalue weighted by Crippen LogP contribution is -2.24. The zero-order valence-corrected chi connectivity index (χ0v) is 13.5. The van der Waals surface area contributed by atoms with Gasteiger partial charge in [-0.25, -0.2) is 0 Å². The predicted molar refractivity (Wildman–Crippen MR) is 89.7 cm³/mol. The minimum atomic E-state index is -0.352. The number of aryl methyl sites for hydroxylation is 4. The van der Waals surface area contributed by atoms with Crippen LogP contribution in [0.4, 0.5) is 5.69 Å². The van der Waals surface area contributed by atoms with Crippen molar-refractivity contribution in [2.45, 2.75) is 40.5 Å². The van der Waals surface area contributed by atoms with Crippen molar-refractivity contribution in [2.75, 3.05) is 5.32 Å². The van der Waals surface area contributed by atoms with Gasteiger partial charge in [0.05, 0.1) is 0 Å². The summed E-state index contributed by atoms with van der Waals surface area (Å²) in [6.07, 6.45) is 1.65. The fourth-order valence-corrected chi connectivity index (χ4v) is 2.71. The van der Waals surface area contributed by atoms with Crippen molar-refractivity contribution in [3.8, 4) is 0 Å². The lowest BCUT2D eigenvalue weighted by molar-refractivity contribution is 0.102. The first-order valence-electron chi connectivity index (χ1n) is 7.60. The topological polar surface area (TPSA) is 62.0 Å². The van der Waals surface area contributed by atoms with Gasteiger partial charge >= 0.3 is 0 Å². The number of rotatable bonds is 4. The Morgan fingerprint density at radius 3 is 2.23 bits per heavy atom. The van der Waals surface area contributed by atoms with Crippen LogP contribution in [0.15, 0.2) is 29.1 Å². The first-order chi connectivity index (χ1) is 10.5. The summed E-state index contributed by atoms with van der Waals surface area (Å²) in [6, 6.07) is 7.45. The van der Waals surface area contributed by atoms with Crippen LogP contribution >= 0.6 is 0 Å². The molecule has 0 fully saturated rings. The van der Waals surface area contributed by atoms with Crippen molar-refractivity contribution in [3.05, 3.63) is 62.6 Å². The molecule has 0 radical (unpaired) electrons. The summed E-state index contributed by atoms with van der Waals surface area (Å²) < 4.78 is 0. The molecule has 0 unspecified atom stereocenters. The first-order valence-corrected chi connectivity index (χ1v) is 7.60. The van der Waals surface area contributed by atoms with Gasteiger partial charge in [0.2, 0.25) is 0 Å². The smallest absolute Gasteiger partial charge is 0.261 e. The Morgan fingerprint density at radius 2 is 1.73 bits per heavy atom. The standard InChI is InChI=1S/C18H22N2O2/c1-5-13-8-7-9-14(6-2)17(13)20-18(22)16-12(4)19-11(3)10-15(16)21/h7-10H,5-6H2,1-4H3,(H,19,21)(H,20,22). The molecule has 2 N–H and O–H groups in total. The average Bonchev–Trinajstić information content (AvgIpc) is 2.46. The van der Waals surface area contributed by atoms with Crippen molar-refractivity contribution in [2.24, 2.45) is 0 Å². The van der Waals surface area contributed by atoms with Crippen LogP contribution in [0.3, 0.4) is 0 Å². The lowest BCUT2D eigenvalue weighted by atomic mass is 10.0. The van der Waals surface area contributed by atoms with Crippen LogP contribution < -0.4 is 10.7 Å².